The second kappa shape index (κ2) is 3.31. The lowest BCUT2D eigenvalue weighted by Gasteiger charge is -2.01. The van der Waals surface area contributed by atoms with Gasteiger partial charge in [-0.1, -0.05) is 30.3 Å². The van der Waals surface area contributed by atoms with E-state index in [-0.39, 0.29) is 0 Å². The Labute approximate surface area is 78.1 Å². The molecule has 1 nitrogen and oxygen atoms in total. The quantitative estimate of drug-likeness (QED) is 0.527. The lowest BCUT2D eigenvalue weighted by molar-refractivity contribution is 1.20. The van der Waals surface area contributed by atoms with Crippen molar-refractivity contribution in [2.24, 2.45) is 10.3 Å². The van der Waals surface area contributed by atoms with Crippen LogP contribution in [0.25, 0.3) is 0 Å². The topological polar surface area (TPSA) is 12.4 Å². The van der Waals surface area contributed by atoms with Gasteiger partial charge in [-0.2, -0.15) is 0 Å². The van der Waals surface area contributed by atoms with Crippen LogP contribution in [0.2, 0.25) is 0 Å². The van der Waals surface area contributed by atoms with E-state index in [0.717, 1.165) is 5.71 Å². The highest BCUT2D eigenvalue weighted by Crippen LogP contribution is 2.33. The first-order valence-electron chi connectivity index (χ1n) is 4.19. The third-order valence-electron chi connectivity index (χ3n) is 2.14. The minimum Gasteiger partial charge on any atom is -0.224 e. The average Bonchev–Trinajstić information content (AvgIpc) is 2.92. The van der Waals surface area contributed by atoms with Gasteiger partial charge in [-0.3, -0.25) is 0 Å². The highest BCUT2D eigenvalue weighted by molar-refractivity contribution is 7.79. The predicted octanol–water partition coefficient (Wildman–Crippen LogP) is 2.73. The Morgan fingerprint density at radius 1 is 1.25 bits per heavy atom. The van der Waals surface area contributed by atoms with E-state index in [1.54, 1.807) is 0 Å². The Kier molecular flexibility index (Phi) is 2.17. The zero-order valence-electron chi connectivity index (χ0n) is 6.77. The Hall–Kier alpha value is -0.760. The molecule has 0 atom stereocenters. The highest BCUT2D eigenvalue weighted by atomic mass is 32.1. The number of rotatable bonds is 2. The van der Waals surface area contributed by atoms with Crippen LogP contribution in [0.15, 0.2) is 34.7 Å². The first kappa shape index (κ1) is 7.87. The van der Waals surface area contributed by atoms with E-state index in [9.17, 15) is 0 Å². The van der Waals surface area contributed by atoms with Gasteiger partial charge in [-0.15, -0.1) is 0 Å². The summed E-state index contributed by atoms with van der Waals surface area (Å²) >= 11 is 3.99. The van der Waals surface area contributed by atoms with E-state index in [1.165, 1.54) is 18.4 Å². The summed E-state index contributed by atoms with van der Waals surface area (Å²) in [6, 6.07) is 10.3. The Morgan fingerprint density at radius 3 is 2.42 bits per heavy atom. The lowest BCUT2D eigenvalue weighted by Crippen LogP contribution is -2.01. The first-order valence-corrected chi connectivity index (χ1v) is 4.59. The number of benzene rings is 1. The van der Waals surface area contributed by atoms with Crippen molar-refractivity contribution in [1.29, 1.82) is 0 Å². The predicted molar refractivity (Wildman–Crippen MR) is 54.7 cm³/mol. The summed E-state index contributed by atoms with van der Waals surface area (Å²) in [5.41, 5.74) is 2.37. The van der Waals surface area contributed by atoms with Gasteiger partial charge in [0.25, 0.3) is 0 Å². The molecule has 2 heteroatoms. The zero-order chi connectivity index (χ0) is 8.39. The van der Waals surface area contributed by atoms with Crippen LogP contribution in [0.3, 0.4) is 0 Å². The molecule has 0 unspecified atom stereocenters. The largest absolute Gasteiger partial charge is 0.224 e. The Morgan fingerprint density at radius 2 is 1.92 bits per heavy atom. The summed E-state index contributed by atoms with van der Waals surface area (Å²) in [6.07, 6.45) is 2.54. The van der Waals surface area contributed by atoms with Gasteiger partial charge < -0.3 is 0 Å². The summed E-state index contributed by atoms with van der Waals surface area (Å²) in [5, 5.41) is 0. The SMILES string of the molecule is SN=C(c1ccccc1)C1CC1. The zero-order valence-corrected chi connectivity index (χ0v) is 7.67. The molecule has 0 aliphatic heterocycles. The van der Waals surface area contributed by atoms with Gasteiger partial charge in [0.2, 0.25) is 0 Å². The van der Waals surface area contributed by atoms with E-state index in [4.69, 9.17) is 0 Å². The summed E-state index contributed by atoms with van der Waals surface area (Å²) in [4.78, 5) is 0. The van der Waals surface area contributed by atoms with Crippen molar-refractivity contribution < 1.29 is 0 Å². The van der Waals surface area contributed by atoms with E-state index in [2.05, 4.69) is 29.3 Å². The fraction of sp³-hybridized carbons (Fsp3) is 0.300. The lowest BCUT2D eigenvalue weighted by atomic mass is 10.1. The molecule has 1 saturated carbocycles. The maximum absolute atomic E-state index is 4.03. The summed E-state index contributed by atoms with van der Waals surface area (Å²) in [7, 11) is 0. The Bertz CT molecular complexity index is 288. The molecule has 0 heterocycles. The van der Waals surface area contributed by atoms with E-state index in [1.807, 2.05) is 18.2 Å². The van der Waals surface area contributed by atoms with Crippen molar-refractivity contribution in [3.63, 3.8) is 0 Å². The van der Waals surface area contributed by atoms with Crippen LogP contribution < -0.4 is 0 Å². The van der Waals surface area contributed by atoms with Crippen LogP contribution in [0.4, 0.5) is 0 Å². The molecule has 1 fully saturated rings. The van der Waals surface area contributed by atoms with E-state index in [0.29, 0.717) is 5.92 Å². The molecule has 1 aliphatic rings. The molecule has 62 valence electrons. The molecule has 0 aromatic heterocycles. The standard InChI is InChI=1S/C10H11NS/c12-11-10(9-6-7-9)8-4-2-1-3-5-8/h1-5,9,12H,6-7H2. The van der Waals surface area contributed by atoms with E-state index < -0.39 is 0 Å². The molecule has 0 bridgehead atoms. The summed E-state index contributed by atoms with van der Waals surface area (Å²) in [5.74, 6) is 0.671. The van der Waals surface area contributed by atoms with Crippen molar-refractivity contribution in [3.8, 4) is 0 Å². The first-order chi connectivity index (χ1) is 5.92. The van der Waals surface area contributed by atoms with Gasteiger partial charge in [0, 0.05) is 5.92 Å². The fourth-order valence-electron chi connectivity index (χ4n) is 1.34. The molecule has 1 aromatic carbocycles. The van der Waals surface area contributed by atoms with Gasteiger partial charge in [0.1, 0.15) is 0 Å². The molecule has 0 spiro atoms. The van der Waals surface area contributed by atoms with Crippen LogP contribution in [-0.2, 0) is 0 Å². The molecular weight excluding hydrogens is 166 g/mol. The second-order valence-electron chi connectivity index (χ2n) is 3.13. The monoisotopic (exact) mass is 177 g/mol. The van der Waals surface area contributed by atoms with Gasteiger partial charge in [0.05, 0.1) is 5.71 Å². The normalized spacial score (nSPS) is 17.9. The van der Waals surface area contributed by atoms with Crippen LogP contribution in [0.1, 0.15) is 18.4 Å². The maximum Gasteiger partial charge on any atom is 0.0586 e. The van der Waals surface area contributed by atoms with Crippen molar-refractivity contribution in [1.82, 2.24) is 0 Å². The second-order valence-corrected chi connectivity index (χ2v) is 3.33. The average molecular weight is 177 g/mol. The van der Waals surface area contributed by atoms with Crippen molar-refractivity contribution in [3.05, 3.63) is 35.9 Å². The smallest absolute Gasteiger partial charge is 0.0586 e. The van der Waals surface area contributed by atoms with Gasteiger partial charge in [-0.05, 0) is 31.2 Å². The fourth-order valence-corrected chi connectivity index (χ4v) is 1.62. The number of nitrogens with zero attached hydrogens (tertiary/aromatic N) is 1. The molecule has 1 aromatic rings. The number of thiol groups is 1. The van der Waals surface area contributed by atoms with Gasteiger partial charge in [-0.25, -0.2) is 4.40 Å². The third kappa shape index (κ3) is 1.53. The molecule has 1 aliphatic carbocycles. The van der Waals surface area contributed by atoms with Crippen molar-refractivity contribution in [2.75, 3.05) is 0 Å². The molecule has 0 N–H and O–H groups in total. The molecule has 0 amide bonds. The van der Waals surface area contributed by atoms with Crippen molar-refractivity contribution in [2.45, 2.75) is 12.8 Å². The minimum atomic E-state index is 0.671. The number of hydrogen-bond donors (Lipinski definition) is 1. The van der Waals surface area contributed by atoms with Crippen LogP contribution in [0.5, 0.6) is 0 Å². The van der Waals surface area contributed by atoms with E-state index >= 15 is 0 Å². The van der Waals surface area contributed by atoms with Crippen molar-refractivity contribution >= 4 is 18.5 Å². The summed E-state index contributed by atoms with van der Waals surface area (Å²) in [6.45, 7) is 0. The minimum absolute atomic E-state index is 0.671. The number of hydrogen-bond acceptors (Lipinski definition) is 2. The molecule has 12 heavy (non-hydrogen) atoms. The third-order valence-corrected chi connectivity index (χ3v) is 2.36. The molecule has 2 rings (SSSR count). The molecular formula is C10H11NS. The highest BCUT2D eigenvalue weighted by Gasteiger charge is 2.27. The van der Waals surface area contributed by atoms with Crippen LogP contribution >= 0.6 is 12.8 Å². The Balaban J connectivity index is 2.28. The van der Waals surface area contributed by atoms with Gasteiger partial charge in [0.15, 0.2) is 0 Å². The molecule has 0 radical (unpaired) electrons. The maximum atomic E-state index is 4.03. The van der Waals surface area contributed by atoms with Crippen LogP contribution in [0, 0.1) is 5.92 Å². The van der Waals surface area contributed by atoms with Gasteiger partial charge >= 0.3 is 0 Å². The van der Waals surface area contributed by atoms with Crippen LogP contribution in [-0.4, -0.2) is 5.71 Å². The summed E-state index contributed by atoms with van der Waals surface area (Å²) < 4.78 is 4.03. The molecule has 0 saturated heterocycles.